The van der Waals surface area contributed by atoms with Crippen LogP contribution in [0.1, 0.15) is 15.9 Å². The van der Waals surface area contributed by atoms with Crippen LogP contribution in [0.3, 0.4) is 0 Å². The third kappa shape index (κ3) is 3.76. The van der Waals surface area contributed by atoms with Crippen LogP contribution in [0, 0.1) is 27.2 Å². The number of aromatic nitrogens is 2. The summed E-state index contributed by atoms with van der Waals surface area (Å²) >= 11 is 0. The number of ketones is 1. The third-order valence-corrected chi connectivity index (χ3v) is 5.08. The van der Waals surface area contributed by atoms with Crippen LogP contribution in [0.25, 0.3) is 16.9 Å². The number of aryl methyl sites for hydroxylation is 1. The zero-order valence-electron chi connectivity index (χ0n) is 16.5. The van der Waals surface area contributed by atoms with Crippen molar-refractivity contribution in [2.24, 2.45) is 0 Å². The number of benzene rings is 2. The van der Waals surface area contributed by atoms with Crippen LogP contribution in [-0.4, -0.2) is 20.2 Å². The highest BCUT2D eigenvalue weighted by atomic mass is 16.6. The van der Waals surface area contributed by atoms with Crippen LogP contribution < -0.4 is 4.40 Å². The molecule has 0 unspecified atom stereocenters. The van der Waals surface area contributed by atoms with Gasteiger partial charge in [0.15, 0.2) is 12.2 Å². The van der Waals surface area contributed by atoms with Crippen molar-refractivity contribution in [2.75, 3.05) is 0 Å². The number of imidazole rings is 1. The summed E-state index contributed by atoms with van der Waals surface area (Å²) in [6.45, 7) is 1.58. The van der Waals surface area contributed by atoms with Crippen LogP contribution in [0.2, 0.25) is 0 Å². The van der Waals surface area contributed by atoms with E-state index in [1.807, 2.05) is 28.8 Å². The summed E-state index contributed by atoms with van der Waals surface area (Å²) in [5.74, 6) is -0.312. The van der Waals surface area contributed by atoms with Gasteiger partial charge in [0, 0.05) is 41.0 Å². The molecule has 31 heavy (non-hydrogen) atoms. The Morgan fingerprint density at radius 1 is 1.00 bits per heavy atom. The molecule has 0 atom stereocenters. The molecule has 0 amide bonds. The lowest BCUT2D eigenvalue weighted by atomic mass is 10.1. The van der Waals surface area contributed by atoms with E-state index in [0.29, 0.717) is 22.5 Å². The third-order valence-electron chi connectivity index (χ3n) is 5.08. The molecule has 0 aliphatic heterocycles. The summed E-state index contributed by atoms with van der Waals surface area (Å²) < 4.78 is 3.57. The largest absolute Gasteiger partial charge is 0.290 e. The van der Waals surface area contributed by atoms with E-state index in [1.165, 1.54) is 30.3 Å². The first kappa shape index (κ1) is 19.9. The second-order valence-corrected chi connectivity index (χ2v) is 7.06. The molecule has 2 heterocycles. The van der Waals surface area contributed by atoms with E-state index in [2.05, 4.69) is 0 Å². The molecule has 0 saturated heterocycles. The first-order valence-corrected chi connectivity index (χ1v) is 9.38. The van der Waals surface area contributed by atoms with E-state index in [1.54, 1.807) is 29.8 Å². The maximum absolute atomic E-state index is 13.0. The Hall–Kier alpha value is -4.40. The van der Waals surface area contributed by atoms with Gasteiger partial charge in [-0.05, 0) is 19.1 Å². The molecule has 0 spiro atoms. The molecule has 0 bridgehead atoms. The molecule has 4 aromatic rings. The molecule has 154 valence electrons. The van der Waals surface area contributed by atoms with Gasteiger partial charge in [0.05, 0.1) is 16.0 Å². The SMILES string of the molecule is Cc1ccc(-c2c[n+]3ccccc3n2CC(=O)c2cccc([N+](=O)[O-])c2)cc1[N+](=O)[O-]. The van der Waals surface area contributed by atoms with Crippen LogP contribution in [0.5, 0.6) is 0 Å². The Labute approximate surface area is 176 Å². The molecule has 2 aromatic heterocycles. The van der Waals surface area contributed by atoms with Crippen LogP contribution in [0.15, 0.2) is 73.1 Å². The van der Waals surface area contributed by atoms with E-state index < -0.39 is 9.85 Å². The van der Waals surface area contributed by atoms with Crippen molar-refractivity contribution in [3.63, 3.8) is 0 Å². The molecule has 0 radical (unpaired) electrons. The van der Waals surface area contributed by atoms with Gasteiger partial charge < -0.3 is 0 Å². The normalized spacial score (nSPS) is 10.9. The maximum Gasteiger partial charge on any atom is 0.287 e. The van der Waals surface area contributed by atoms with Crippen molar-refractivity contribution >= 4 is 22.8 Å². The number of carbonyl (C=O) groups is 1. The molecule has 0 fully saturated rings. The minimum atomic E-state index is -0.547. The Balaban J connectivity index is 1.82. The number of carbonyl (C=O) groups excluding carboxylic acids is 1. The highest BCUT2D eigenvalue weighted by Gasteiger charge is 2.24. The molecular weight excluding hydrogens is 400 g/mol. The van der Waals surface area contributed by atoms with Crippen molar-refractivity contribution in [1.29, 1.82) is 0 Å². The quantitative estimate of drug-likeness (QED) is 0.204. The van der Waals surface area contributed by atoms with Gasteiger partial charge in [-0.3, -0.25) is 25.0 Å². The number of nitrogens with zero attached hydrogens (tertiary/aromatic N) is 4. The molecule has 0 saturated carbocycles. The predicted octanol–water partition coefficient (Wildman–Crippen LogP) is 3.90. The molecule has 0 aliphatic rings. The van der Waals surface area contributed by atoms with Gasteiger partial charge in [0.2, 0.25) is 5.78 Å². The molecule has 4 rings (SSSR count). The molecule has 2 aromatic carbocycles. The first-order chi connectivity index (χ1) is 14.8. The minimum absolute atomic E-state index is 0.00989. The Morgan fingerprint density at radius 3 is 2.55 bits per heavy atom. The van der Waals surface area contributed by atoms with Gasteiger partial charge in [-0.2, -0.15) is 0 Å². The molecule has 9 heteroatoms. The van der Waals surface area contributed by atoms with E-state index in [4.69, 9.17) is 0 Å². The summed E-state index contributed by atoms with van der Waals surface area (Å²) in [7, 11) is 0. The van der Waals surface area contributed by atoms with Crippen molar-refractivity contribution < 1.29 is 19.0 Å². The number of nitro benzene ring substituents is 2. The molecular formula is C22H17N4O5+. The number of rotatable bonds is 6. The smallest absolute Gasteiger partial charge is 0.287 e. The summed E-state index contributed by atoms with van der Waals surface area (Å²) in [5.41, 5.74) is 2.51. The second-order valence-electron chi connectivity index (χ2n) is 7.06. The van der Waals surface area contributed by atoms with Gasteiger partial charge in [-0.1, -0.05) is 24.3 Å². The molecule has 0 N–H and O–H groups in total. The minimum Gasteiger partial charge on any atom is -0.290 e. The lowest BCUT2D eigenvalue weighted by molar-refractivity contribution is -0.510. The fourth-order valence-electron chi connectivity index (χ4n) is 3.50. The summed E-state index contributed by atoms with van der Waals surface area (Å²) in [5, 5.41) is 22.4. The number of pyridine rings is 1. The van der Waals surface area contributed by atoms with Crippen molar-refractivity contribution in [3.05, 3.63) is 104 Å². The maximum atomic E-state index is 13.0. The number of nitro groups is 2. The topological polar surface area (TPSA) is 112 Å². The van der Waals surface area contributed by atoms with Gasteiger partial charge in [0.1, 0.15) is 6.20 Å². The van der Waals surface area contributed by atoms with Crippen LogP contribution >= 0.6 is 0 Å². The number of hydrogen-bond donors (Lipinski definition) is 0. The zero-order chi connectivity index (χ0) is 22.1. The summed E-state index contributed by atoms with van der Waals surface area (Å²) in [6.07, 6.45) is 3.61. The standard InChI is InChI=1S/C22H17N4O5/c1-15-8-9-16(12-19(15)26(30)31)20-13-23-10-3-2-7-22(23)24(20)14-21(27)17-5-4-6-18(11-17)25(28)29/h2-13H,14H2,1H3/q+1. The van der Waals surface area contributed by atoms with Crippen molar-refractivity contribution in [1.82, 2.24) is 4.57 Å². The number of fused-ring (bicyclic) bond motifs is 1. The van der Waals surface area contributed by atoms with Crippen LogP contribution in [-0.2, 0) is 6.54 Å². The summed E-state index contributed by atoms with van der Waals surface area (Å²) in [4.78, 5) is 34.4. The molecule has 0 aliphatic carbocycles. The fraction of sp³-hybridized carbons (Fsp3) is 0.0909. The highest BCUT2D eigenvalue weighted by Crippen LogP contribution is 2.28. The predicted molar refractivity (Wildman–Crippen MR) is 112 cm³/mol. The first-order valence-electron chi connectivity index (χ1n) is 9.38. The van der Waals surface area contributed by atoms with E-state index in [0.717, 1.165) is 0 Å². The second kappa shape index (κ2) is 7.79. The average Bonchev–Trinajstić information content (AvgIpc) is 3.12. The van der Waals surface area contributed by atoms with Gasteiger partial charge >= 0.3 is 0 Å². The van der Waals surface area contributed by atoms with Gasteiger partial charge in [-0.25, -0.2) is 8.97 Å². The van der Waals surface area contributed by atoms with E-state index >= 15 is 0 Å². The monoisotopic (exact) mass is 417 g/mol. The summed E-state index contributed by atoms with van der Waals surface area (Å²) in [6, 6.07) is 16.0. The van der Waals surface area contributed by atoms with Crippen molar-refractivity contribution in [3.8, 4) is 11.3 Å². The lowest BCUT2D eigenvalue weighted by Crippen LogP contribution is -2.19. The molecule has 9 nitrogen and oxygen atoms in total. The van der Waals surface area contributed by atoms with Crippen LogP contribution in [0.4, 0.5) is 11.4 Å². The number of Topliss-reactive ketones (excluding diaryl/α,β-unsaturated/α-hetero) is 1. The van der Waals surface area contributed by atoms with Crippen molar-refractivity contribution in [2.45, 2.75) is 13.5 Å². The van der Waals surface area contributed by atoms with E-state index in [-0.39, 0.29) is 29.3 Å². The highest BCUT2D eigenvalue weighted by molar-refractivity contribution is 5.97. The van der Waals surface area contributed by atoms with E-state index in [9.17, 15) is 25.0 Å². The Morgan fingerprint density at radius 2 is 1.81 bits per heavy atom. The Bertz CT molecular complexity index is 1360. The fourth-order valence-corrected chi connectivity index (χ4v) is 3.50. The zero-order valence-corrected chi connectivity index (χ0v) is 16.5. The number of non-ortho nitro benzene ring substituents is 1. The Kier molecular flexibility index (Phi) is 5.00. The lowest BCUT2D eigenvalue weighted by Gasteiger charge is -2.05. The van der Waals surface area contributed by atoms with Gasteiger partial charge in [0.25, 0.3) is 17.0 Å². The average molecular weight is 417 g/mol. The van der Waals surface area contributed by atoms with Gasteiger partial charge in [-0.15, -0.1) is 0 Å². The number of hydrogen-bond acceptors (Lipinski definition) is 5.